The molecule has 0 aromatic carbocycles. The van der Waals surface area contributed by atoms with Crippen LogP contribution in [0, 0.1) is 0 Å². The number of likely N-dealkylation sites (N-methyl/N-ethyl adjacent to an activating group) is 2. The molecule has 0 saturated heterocycles. The van der Waals surface area contributed by atoms with Gasteiger partial charge in [0, 0.05) is 6.54 Å². The molecular weight excluding hydrogens is 223 g/mol. The zero-order chi connectivity index (χ0) is 13.0. The molecule has 0 rings (SSSR count). The second-order valence-electron chi connectivity index (χ2n) is 4.01. The lowest BCUT2D eigenvalue weighted by Gasteiger charge is -2.32. The standard InChI is InChI=1S/C9H18F3N3O/c1-4-14-8(2,7(13)16)5-15(3)6-9(10,11)12/h14H,4-6H2,1-3H3,(H2,13,16). The predicted molar refractivity (Wildman–Crippen MR) is 54.8 cm³/mol. The smallest absolute Gasteiger partial charge is 0.368 e. The molecule has 1 atom stereocenters. The molecule has 0 spiro atoms. The van der Waals surface area contributed by atoms with E-state index in [0.717, 1.165) is 4.90 Å². The number of rotatable bonds is 6. The summed E-state index contributed by atoms with van der Waals surface area (Å²) in [5, 5.41) is 2.79. The molecule has 0 bridgehead atoms. The van der Waals surface area contributed by atoms with Gasteiger partial charge >= 0.3 is 6.18 Å². The molecule has 0 fully saturated rings. The Morgan fingerprint density at radius 2 is 1.88 bits per heavy atom. The highest BCUT2D eigenvalue weighted by Crippen LogP contribution is 2.17. The maximum atomic E-state index is 12.1. The topological polar surface area (TPSA) is 58.4 Å². The Balaban J connectivity index is 4.47. The van der Waals surface area contributed by atoms with Crippen LogP contribution in [0.15, 0.2) is 0 Å². The number of primary amides is 1. The highest BCUT2D eigenvalue weighted by atomic mass is 19.4. The van der Waals surface area contributed by atoms with Crippen molar-refractivity contribution in [2.45, 2.75) is 25.6 Å². The highest BCUT2D eigenvalue weighted by Gasteiger charge is 2.35. The van der Waals surface area contributed by atoms with E-state index >= 15 is 0 Å². The number of nitrogens with one attached hydrogen (secondary N) is 1. The summed E-state index contributed by atoms with van der Waals surface area (Å²) in [5.41, 5.74) is 4.02. The molecule has 3 N–H and O–H groups in total. The number of nitrogens with two attached hydrogens (primary N) is 1. The first-order chi connectivity index (χ1) is 7.10. The number of halogens is 3. The van der Waals surface area contributed by atoms with Gasteiger partial charge in [-0.15, -0.1) is 0 Å². The van der Waals surface area contributed by atoms with Crippen LogP contribution < -0.4 is 11.1 Å². The zero-order valence-electron chi connectivity index (χ0n) is 9.69. The zero-order valence-corrected chi connectivity index (χ0v) is 9.69. The van der Waals surface area contributed by atoms with Crippen LogP contribution in [0.1, 0.15) is 13.8 Å². The molecule has 1 unspecified atom stereocenters. The van der Waals surface area contributed by atoms with Gasteiger partial charge in [0.05, 0.1) is 6.54 Å². The van der Waals surface area contributed by atoms with Crippen molar-refractivity contribution < 1.29 is 18.0 Å². The summed E-state index contributed by atoms with van der Waals surface area (Å²) in [5.74, 6) is -0.664. The average Bonchev–Trinajstić information content (AvgIpc) is 1.99. The minimum Gasteiger partial charge on any atom is -0.368 e. The number of hydrogen-bond donors (Lipinski definition) is 2. The van der Waals surface area contributed by atoms with Crippen molar-refractivity contribution >= 4 is 5.91 Å². The average molecular weight is 241 g/mol. The van der Waals surface area contributed by atoms with Crippen molar-refractivity contribution in [1.82, 2.24) is 10.2 Å². The maximum absolute atomic E-state index is 12.1. The molecule has 0 aromatic heterocycles. The van der Waals surface area contributed by atoms with E-state index in [2.05, 4.69) is 5.32 Å². The Bertz CT molecular complexity index is 245. The molecule has 16 heavy (non-hydrogen) atoms. The van der Waals surface area contributed by atoms with Crippen LogP contribution in [0.4, 0.5) is 13.2 Å². The minimum absolute atomic E-state index is 0.0876. The molecule has 0 aliphatic heterocycles. The third kappa shape index (κ3) is 5.32. The SMILES string of the molecule is CCNC(C)(CN(C)CC(F)(F)F)C(N)=O. The van der Waals surface area contributed by atoms with Gasteiger partial charge in [-0.1, -0.05) is 6.92 Å². The van der Waals surface area contributed by atoms with Gasteiger partial charge < -0.3 is 11.1 Å². The molecular formula is C9H18F3N3O. The maximum Gasteiger partial charge on any atom is 0.401 e. The first-order valence-electron chi connectivity index (χ1n) is 4.91. The van der Waals surface area contributed by atoms with Gasteiger partial charge in [-0.2, -0.15) is 13.2 Å². The largest absolute Gasteiger partial charge is 0.401 e. The van der Waals surface area contributed by atoms with Gasteiger partial charge in [-0.3, -0.25) is 9.69 Å². The monoisotopic (exact) mass is 241 g/mol. The number of carbonyl (C=O) groups excluding carboxylic acids is 1. The summed E-state index contributed by atoms with van der Waals surface area (Å²) in [6, 6.07) is 0. The number of nitrogens with zero attached hydrogens (tertiary/aromatic N) is 1. The Kier molecular flexibility index (Phi) is 5.21. The third-order valence-corrected chi connectivity index (χ3v) is 2.15. The van der Waals surface area contributed by atoms with E-state index in [1.54, 1.807) is 6.92 Å². The van der Waals surface area contributed by atoms with Crippen molar-refractivity contribution in [3.8, 4) is 0 Å². The van der Waals surface area contributed by atoms with E-state index in [4.69, 9.17) is 5.73 Å². The Hall–Kier alpha value is -0.820. The minimum atomic E-state index is -4.28. The fourth-order valence-electron chi connectivity index (χ4n) is 1.51. The van der Waals surface area contributed by atoms with Crippen LogP contribution in [0.2, 0.25) is 0 Å². The van der Waals surface area contributed by atoms with Crippen LogP contribution in [0.5, 0.6) is 0 Å². The summed E-state index contributed by atoms with van der Waals surface area (Å²) in [4.78, 5) is 12.2. The van der Waals surface area contributed by atoms with Gasteiger partial charge in [0.25, 0.3) is 0 Å². The van der Waals surface area contributed by atoms with Gasteiger partial charge in [0.2, 0.25) is 5.91 Å². The summed E-state index contributed by atoms with van der Waals surface area (Å²) in [6.45, 7) is 2.55. The quantitative estimate of drug-likeness (QED) is 0.704. The Labute approximate surface area is 93.0 Å². The van der Waals surface area contributed by atoms with Gasteiger partial charge in [-0.25, -0.2) is 0 Å². The van der Waals surface area contributed by atoms with Crippen LogP contribution >= 0.6 is 0 Å². The molecule has 96 valence electrons. The molecule has 0 aliphatic rings. The fraction of sp³-hybridized carbons (Fsp3) is 0.889. The van der Waals surface area contributed by atoms with Crippen molar-refractivity contribution in [3.05, 3.63) is 0 Å². The molecule has 0 aromatic rings. The summed E-state index contributed by atoms with van der Waals surface area (Å²) in [7, 11) is 1.30. The molecule has 1 amide bonds. The van der Waals surface area contributed by atoms with Crippen LogP contribution in [0.25, 0.3) is 0 Å². The second kappa shape index (κ2) is 5.49. The normalized spacial score (nSPS) is 16.2. The van der Waals surface area contributed by atoms with Crippen LogP contribution in [-0.2, 0) is 4.79 Å². The second-order valence-corrected chi connectivity index (χ2v) is 4.01. The van der Waals surface area contributed by atoms with Crippen molar-refractivity contribution in [2.24, 2.45) is 5.73 Å². The van der Waals surface area contributed by atoms with E-state index < -0.39 is 24.2 Å². The van der Waals surface area contributed by atoms with E-state index in [-0.39, 0.29) is 6.54 Å². The predicted octanol–water partition coefficient (Wildman–Crippen LogP) is 0.334. The van der Waals surface area contributed by atoms with E-state index in [1.807, 2.05) is 0 Å². The molecule has 0 heterocycles. The molecule has 0 radical (unpaired) electrons. The Morgan fingerprint density at radius 1 is 1.38 bits per heavy atom. The number of hydrogen-bond acceptors (Lipinski definition) is 3. The van der Waals surface area contributed by atoms with Gasteiger partial charge in [0.1, 0.15) is 5.54 Å². The summed E-state index contributed by atoms with van der Waals surface area (Å²) >= 11 is 0. The fourth-order valence-corrected chi connectivity index (χ4v) is 1.51. The summed E-state index contributed by atoms with van der Waals surface area (Å²) in [6.07, 6.45) is -4.28. The number of amides is 1. The Morgan fingerprint density at radius 3 is 2.19 bits per heavy atom. The van der Waals surface area contributed by atoms with Crippen LogP contribution in [0.3, 0.4) is 0 Å². The lowest BCUT2D eigenvalue weighted by molar-refractivity contribution is -0.147. The molecule has 0 aliphatic carbocycles. The first-order valence-corrected chi connectivity index (χ1v) is 4.91. The molecule has 0 saturated carbocycles. The van der Waals surface area contributed by atoms with Crippen LogP contribution in [-0.4, -0.2) is 49.2 Å². The molecule has 4 nitrogen and oxygen atoms in total. The van der Waals surface area contributed by atoms with Crippen molar-refractivity contribution in [1.29, 1.82) is 0 Å². The molecule has 7 heteroatoms. The van der Waals surface area contributed by atoms with E-state index in [9.17, 15) is 18.0 Å². The van der Waals surface area contributed by atoms with E-state index in [0.29, 0.717) is 6.54 Å². The van der Waals surface area contributed by atoms with E-state index in [1.165, 1.54) is 14.0 Å². The lowest BCUT2D eigenvalue weighted by atomic mass is 10.0. The number of carbonyl (C=O) groups is 1. The first kappa shape index (κ1) is 15.2. The lowest BCUT2D eigenvalue weighted by Crippen LogP contribution is -2.59. The van der Waals surface area contributed by atoms with Crippen molar-refractivity contribution in [2.75, 3.05) is 26.7 Å². The van der Waals surface area contributed by atoms with Gasteiger partial charge in [-0.05, 0) is 20.5 Å². The van der Waals surface area contributed by atoms with Gasteiger partial charge in [0.15, 0.2) is 0 Å². The summed E-state index contributed by atoms with van der Waals surface area (Å²) < 4.78 is 36.3. The van der Waals surface area contributed by atoms with Crippen molar-refractivity contribution in [3.63, 3.8) is 0 Å². The number of alkyl halides is 3. The third-order valence-electron chi connectivity index (χ3n) is 2.15. The highest BCUT2D eigenvalue weighted by molar-refractivity contribution is 5.84.